The van der Waals surface area contributed by atoms with Crippen LogP contribution in [0.2, 0.25) is 0 Å². The number of amides is 3. The summed E-state index contributed by atoms with van der Waals surface area (Å²) in [5.74, 6) is -2.31. The highest BCUT2D eigenvalue weighted by Gasteiger charge is 2.18. The number of carbonyl (C=O) groups excluding carboxylic acids is 3. The normalized spacial score (nSPS) is 9.78. The van der Waals surface area contributed by atoms with Crippen LogP contribution < -0.4 is 17.2 Å². The Morgan fingerprint density at radius 1 is 1.00 bits per heavy atom. The third-order valence-electron chi connectivity index (χ3n) is 2.41. The number of rotatable bonds is 5. The lowest BCUT2D eigenvalue weighted by molar-refractivity contribution is 0.0998. The molecule has 0 aliphatic carbocycles. The van der Waals surface area contributed by atoms with Crippen LogP contribution in [0.1, 0.15) is 36.6 Å². The van der Waals surface area contributed by atoms with Crippen LogP contribution in [0.5, 0.6) is 0 Å². The number of allylic oxidation sites excluding steroid dienone is 1. The molecule has 1 aromatic carbocycles. The Morgan fingerprint density at radius 3 is 1.72 bits per heavy atom. The molecule has 0 heterocycles. The summed E-state index contributed by atoms with van der Waals surface area (Å²) in [6, 6.07) is 2.49. The Labute approximate surface area is 103 Å². The summed E-state index contributed by atoms with van der Waals surface area (Å²) in [5, 5.41) is 0. The third-order valence-corrected chi connectivity index (χ3v) is 2.41. The van der Waals surface area contributed by atoms with Crippen molar-refractivity contribution in [1.82, 2.24) is 0 Å². The summed E-state index contributed by atoms with van der Waals surface area (Å²) in [6.45, 7) is 3.52. The number of benzene rings is 1. The molecule has 1 rings (SSSR count). The first-order valence-electron chi connectivity index (χ1n) is 5.05. The topological polar surface area (TPSA) is 129 Å². The van der Waals surface area contributed by atoms with Crippen LogP contribution >= 0.6 is 0 Å². The van der Waals surface area contributed by atoms with Crippen LogP contribution in [0, 0.1) is 0 Å². The molecule has 0 unspecified atom stereocenters. The van der Waals surface area contributed by atoms with Crippen molar-refractivity contribution in [3.8, 4) is 0 Å². The van der Waals surface area contributed by atoms with Gasteiger partial charge in [0.2, 0.25) is 17.7 Å². The molecule has 0 atom stereocenters. The van der Waals surface area contributed by atoms with Gasteiger partial charge in [-0.05, 0) is 24.1 Å². The van der Waals surface area contributed by atoms with Gasteiger partial charge in [-0.25, -0.2) is 0 Å². The van der Waals surface area contributed by atoms with Crippen LogP contribution in [0.4, 0.5) is 0 Å². The maximum Gasteiger partial charge on any atom is 0.249 e. The van der Waals surface area contributed by atoms with E-state index >= 15 is 0 Å². The third kappa shape index (κ3) is 2.54. The summed E-state index contributed by atoms with van der Waals surface area (Å²) < 4.78 is 0. The first-order valence-corrected chi connectivity index (χ1v) is 5.05. The van der Waals surface area contributed by atoms with E-state index in [1.807, 2.05) is 0 Å². The molecular formula is C12H13N3O3. The van der Waals surface area contributed by atoms with Gasteiger partial charge in [0.25, 0.3) is 0 Å². The van der Waals surface area contributed by atoms with Gasteiger partial charge in [-0.1, -0.05) is 6.08 Å². The zero-order valence-corrected chi connectivity index (χ0v) is 9.60. The van der Waals surface area contributed by atoms with Gasteiger partial charge < -0.3 is 17.2 Å². The lowest BCUT2D eigenvalue weighted by Crippen LogP contribution is -2.22. The van der Waals surface area contributed by atoms with Crippen molar-refractivity contribution < 1.29 is 14.4 Å². The molecule has 0 fully saturated rings. The summed E-state index contributed by atoms with van der Waals surface area (Å²) >= 11 is 0. The van der Waals surface area contributed by atoms with Crippen molar-refractivity contribution in [1.29, 1.82) is 0 Å². The van der Waals surface area contributed by atoms with Crippen LogP contribution in [0.3, 0.4) is 0 Å². The smallest absolute Gasteiger partial charge is 0.249 e. The average molecular weight is 247 g/mol. The summed E-state index contributed by atoms with van der Waals surface area (Å²) in [4.78, 5) is 33.8. The van der Waals surface area contributed by atoms with Crippen LogP contribution in [-0.4, -0.2) is 17.7 Å². The van der Waals surface area contributed by atoms with Crippen LogP contribution in [-0.2, 0) is 6.42 Å². The van der Waals surface area contributed by atoms with E-state index in [1.54, 1.807) is 0 Å². The van der Waals surface area contributed by atoms with Gasteiger partial charge in [0, 0.05) is 16.7 Å². The highest BCUT2D eigenvalue weighted by Crippen LogP contribution is 2.19. The van der Waals surface area contributed by atoms with Crippen molar-refractivity contribution in [3.63, 3.8) is 0 Å². The first-order chi connectivity index (χ1) is 8.38. The minimum atomic E-state index is -0.773. The highest BCUT2D eigenvalue weighted by molar-refractivity contribution is 6.05. The van der Waals surface area contributed by atoms with E-state index in [1.165, 1.54) is 18.2 Å². The molecular weight excluding hydrogens is 234 g/mol. The van der Waals surface area contributed by atoms with Crippen molar-refractivity contribution in [3.05, 3.63) is 47.0 Å². The first kappa shape index (κ1) is 13.4. The molecule has 0 radical (unpaired) electrons. The monoisotopic (exact) mass is 247 g/mol. The zero-order chi connectivity index (χ0) is 13.9. The molecule has 94 valence electrons. The molecule has 0 aliphatic rings. The molecule has 0 spiro atoms. The fraction of sp³-hybridized carbons (Fsp3) is 0.0833. The Bertz CT molecular complexity index is 514. The number of hydrogen-bond acceptors (Lipinski definition) is 3. The van der Waals surface area contributed by atoms with E-state index in [4.69, 9.17) is 17.2 Å². The average Bonchev–Trinajstić information content (AvgIpc) is 2.28. The lowest BCUT2D eigenvalue weighted by Gasteiger charge is -2.11. The maximum atomic E-state index is 11.3. The van der Waals surface area contributed by atoms with Gasteiger partial charge in [-0.15, -0.1) is 6.58 Å². The van der Waals surface area contributed by atoms with Crippen molar-refractivity contribution in [2.24, 2.45) is 17.2 Å². The molecule has 6 N–H and O–H groups in total. The molecule has 0 bridgehead atoms. The Morgan fingerprint density at radius 2 is 1.44 bits per heavy atom. The molecule has 6 heteroatoms. The summed E-state index contributed by atoms with van der Waals surface area (Å²) in [5.41, 5.74) is 16.0. The molecule has 0 saturated carbocycles. The van der Waals surface area contributed by atoms with E-state index in [-0.39, 0.29) is 23.1 Å². The molecule has 6 nitrogen and oxygen atoms in total. The van der Waals surface area contributed by atoms with E-state index in [0.29, 0.717) is 5.56 Å². The van der Waals surface area contributed by atoms with E-state index in [0.717, 1.165) is 0 Å². The Kier molecular flexibility index (Phi) is 3.83. The minimum Gasteiger partial charge on any atom is -0.366 e. The zero-order valence-electron chi connectivity index (χ0n) is 9.60. The molecule has 18 heavy (non-hydrogen) atoms. The van der Waals surface area contributed by atoms with E-state index in [9.17, 15) is 14.4 Å². The van der Waals surface area contributed by atoms with Gasteiger partial charge >= 0.3 is 0 Å². The Hall–Kier alpha value is -2.63. The van der Waals surface area contributed by atoms with E-state index in [2.05, 4.69) is 6.58 Å². The van der Waals surface area contributed by atoms with Crippen LogP contribution in [0.25, 0.3) is 0 Å². The fourth-order valence-corrected chi connectivity index (χ4v) is 1.62. The lowest BCUT2D eigenvalue weighted by atomic mass is 9.94. The molecule has 1 aromatic rings. The van der Waals surface area contributed by atoms with Gasteiger partial charge in [0.05, 0.1) is 0 Å². The van der Waals surface area contributed by atoms with Crippen molar-refractivity contribution in [2.45, 2.75) is 6.42 Å². The fourth-order valence-electron chi connectivity index (χ4n) is 1.62. The summed E-state index contributed by atoms with van der Waals surface area (Å²) in [7, 11) is 0. The summed E-state index contributed by atoms with van der Waals surface area (Å²) in [6.07, 6.45) is 1.73. The molecule has 0 aromatic heterocycles. The number of nitrogens with two attached hydrogens (primary N) is 3. The second-order valence-electron chi connectivity index (χ2n) is 3.64. The van der Waals surface area contributed by atoms with Crippen molar-refractivity contribution >= 4 is 17.7 Å². The highest BCUT2D eigenvalue weighted by atomic mass is 16.2. The molecule has 0 saturated heterocycles. The van der Waals surface area contributed by atoms with Gasteiger partial charge in [0.15, 0.2) is 0 Å². The largest absolute Gasteiger partial charge is 0.366 e. The number of carbonyl (C=O) groups is 3. The van der Waals surface area contributed by atoms with E-state index < -0.39 is 17.7 Å². The van der Waals surface area contributed by atoms with Crippen molar-refractivity contribution in [2.75, 3.05) is 0 Å². The second-order valence-corrected chi connectivity index (χ2v) is 3.64. The van der Waals surface area contributed by atoms with Gasteiger partial charge in [-0.3, -0.25) is 14.4 Å². The Balaban J connectivity index is 3.64. The second kappa shape index (κ2) is 5.13. The predicted molar refractivity (Wildman–Crippen MR) is 65.9 cm³/mol. The number of hydrogen-bond donors (Lipinski definition) is 3. The standard InChI is InChI=1S/C12H13N3O3/c1-2-3-7-8(11(14)17)4-6(10(13)16)5-9(7)12(15)18/h2,4-5H,1,3H2,(H2,13,16)(H2,14,17)(H2,15,18). The molecule has 0 aliphatic heterocycles. The predicted octanol–water partition coefficient (Wildman–Crippen LogP) is -0.288. The number of primary amides is 3. The van der Waals surface area contributed by atoms with Gasteiger partial charge in [-0.2, -0.15) is 0 Å². The van der Waals surface area contributed by atoms with Gasteiger partial charge in [0.1, 0.15) is 0 Å². The molecule has 3 amide bonds. The quantitative estimate of drug-likeness (QED) is 0.618. The minimum absolute atomic E-state index is 0.00501. The maximum absolute atomic E-state index is 11.3. The van der Waals surface area contributed by atoms with Crippen LogP contribution in [0.15, 0.2) is 24.8 Å². The SMILES string of the molecule is C=CCc1c(C(N)=O)cc(C(N)=O)cc1C(N)=O.